The standard InChI is InChI=1S/C37H34FN9O3/c38-24-5-1-4-22(16-24)29-7-3-15-45(29)34-13-12-32-39-18-31(47(32)43-34)28-6-2-8-33(41-28)44-20-26(21-44)40-25-9-10-27-23(17-25)19-46(37(27)50)30-11-14-35(48)42-36(30)49/h1-2,4-6,8-10,12-13,16-18,26,29-30,40H,3,7,11,14-15,19-21H2,(H,42,48,49)/t29-,30?/m1/s1. The molecule has 0 bridgehead atoms. The molecule has 0 spiro atoms. The smallest absolute Gasteiger partial charge is 0.255 e. The van der Waals surface area contributed by atoms with Crippen LogP contribution < -0.4 is 20.4 Å². The number of piperidine rings is 1. The number of imide groups is 1. The normalized spacial score (nSPS) is 20.7. The number of hydrogen-bond donors (Lipinski definition) is 2. The maximum atomic E-state index is 14.0. The first kappa shape index (κ1) is 30.2. The third-order valence-corrected chi connectivity index (χ3v) is 10.2. The third-order valence-electron chi connectivity index (χ3n) is 10.2. The summed E-state index contributed by atoms with van der Waals surface area (Å²) in [4.78, 5) is 52.7. The van der Waals surface area contributed by atoms with Gasteiger partial charge in [0.15, 0.2) is 5.65 Å². The van der Waals surface area contributed by atoms with E-state index in [2.05, 4.69) is 25.4 Å². The highest BCUT2D eigenvalue weighted by atomic mass is 19.1. The van der Waals surface area contributed by atoms with E-state index >= 15 is 0 Å². The van der Waals surface area contributed by atoms with Crippen LogP contribution in [0.15, 0.2) is 79.0 Å². The van der Waals surface area contributed by atoms with Crippen molar-refractivity contribution < 1.29 is 18.8 Å². The van der Waals surface area contributed by atoms with E-state index in [0.29, 0.717) is 18.5 Å². The molecule has 4 aliphatic heterocycles. The lowest BCUT2D eigenvalue weighted by Gasteiger charge is -2.41. The van der Waals surface area contributed by atoms with E-state index in [9.17, 15) is 18.8 Å². The van der Waals surface area contributed by atoms with Crippen molar-refractivity contribution in [2.75, 3.05) is 34.8 Å². The fourth-order valence-corrected chi connectivity index (χ4v) is 7.69. The van der Waals surface area contributed by atoms with Gasteiger partial charge >= 0.3 is 0 Å². The SMILES string of the molecule is O=C1CCC(N2Cc3cc(NC4CN(c5cccc(-c6cnc7ccc(N8CCC[C@@H]8c8cccc(F)c8)nn67)n5)C4)ccc3C2=O)C(=O)N1. The molecule has 252 valence electrons. The van der Waals surface area contributed by atoms with Crippen LogP contribution in [0.4, 0.5) is 21.7 Å². The molecule has 7 heterocycles. The summed E-state index contributed by atoms with van der Waals surface area (Å²) in [7, 11) is 0. The maximum Gasteiger partial charge on any atom is 0.255 e. The number of amides is 3. The average molecular weight is 672 g/mol. The highest BCUT2D eigenvalue weighted by molar-refractivity contribution is 6.05. The zero-order chi connectivity index (χ0) is 33.9. The Balaban J connectivity index is 0.876. The molecule has 3 fully saturated rings. The molecule has 2 atom stereocenters. The number of anilines is 3. The van der Waals surface area contributed by atoms with Crippen LogP contribution in [0.2, 0.25) is 0 Å². The van der Waals surface area contributed by atoms with Crippen molar-refractivity contribution in [2.45, 2.75) is 50.4 Å². The topological polar surface area (TPSA) is 128 Å². The van der Waals surface area contributed by atoms with Crippen molar-refractivity contribution in [1.82, 2.24) is 29.8 Å². The fourth-order valence-electron chi connectivity index (χ4n) is 7.69. The molecule has 4 aliphatic rings. The number of rotatable bonds is 7. The van der Waals surface area contributed by atoms with Gasteiger partial charge in [-0.3, -0.25) is 19.7 Å². The number of hydrogen-bond acceptors (Lipinski definition) is 9. The van der Waals surface area contributed by atoms with Gasteiger partial charge in [-0.1, -0.05) is 18.2 Å². The highest BCUT2D eigenvalue weighted by Crippen LogP contribution is 2.36. The second-order valence-corrected chi connectivity index (χ2v) is 13.4. The number of benzene rings is 2. The summed E-state index contributed by atoms with van der Waals surface area (Å²) in [6.07, 6.45) is 4.31. The van der Waals surface area contributed by atoms with E-state index in [0.717, 1.165) is 78.0 Å². The summed E-state index contributed by atoms with van der Waals surface area (Å²) in [6.45, 7) is 2.68. The van der Waals surface area contributed by atoms with E-state index in [-0.39, 0.29) is 36.1 Å². The summed E-state index contributed by atoms with van der Waals surface area (Å²) in [6, 6.07) is 22.0. The van der Waals surface area contributed by atoms with Crippen molar-refractivity contribution >= 4 is 40.7 Å². The van der Waals surface area contributed by atoms with E-state index in [4.69, 9.17) is 10.1 Å². The number of pyridine rings is 1. The summed E-state index contributed by atoms with van der Waals surface area (Å²) < 4.78 is 15.9. The summed E-state index contributed by atoms with van der Waals surface area (Å²) >= 11 is 0. The largest absolute Gasteiger partial charge is 0.379 e. The van der Waals surface area contributed by atoms with Crippen LogP contribution in [-0.2, 0) is 16.1 Å². The zero-order valence-corrected chi connectivity index (χ0v) is 27.1. The molecule has 9 rings (SSSR count). The number of nitrogens with one attached hydrogen (secondary N) is 2. The minimum Gasteiger partial charge on any atom is -0.379 e. The Bertz CT molecular complexity index is 2180. The van der Waals surface area contributed by atoms with Crippen molar-refractivity contribution in [3.8, 4) is 11.4 Å². The average Bonchev–Trinajstić information content (AvgIpc) is 3.84. The third kappa shape index (κ3) is 5.29. The van der Waals surface area contributed by atoms with Crippen LogP contribution in [-0.4, -0.2) is 73.9 Å². The van der Waals surface area contributed by atoms with Crippen LogP contribution in [0.1, 0.15) is 53.2 Å². The molecular formula is C37H34FN9O3. The van der Waals surface area contributed by atoms with Crippen LogP contribution in [0, 0.1) is 5.82 Å². The van der Waals surface area contributed by atoms with Crippen molar-refractivity contribution in [3.63, 3.8) is 0 Å². The Morgan fingerprint density at radius 2 is 1.76 bits per heavy atom. The quantitative estimate of drug-likeness (QED) is 0.243. The summed E-state index contributed by atoms with van der Waals surface area (Å²) in [5, 5.41) is 10.9. The molecule has 3 amide bonds. The second-order valence-electron chi connectivity index (χ2n) is 13.4. The summed E-state index contributed by atoms with van der Waals surface area (Å²) in [5.74, 6) is 0.561. The zero-order valence-electron chi connectivity index (χ0n) is 27.1. The van der Waals surface area contributed by atoms with Gasteiger partial charge in [0.25, 0.3) is 5.91 Å². The summed E-state index contributed by atoms with van der Waals surface area (Å²) in [5.41, 5.74) is 5.61. The molecular weight excluding hydrogens is 637 g/mol. The van der Waals surface area contributed by atoms with Gasteiger partial charge in [0.1, 0.15) is 29.2 Å². The van der Waals surface area contributed by atoms with E-state index in [1.807, 2.05) is 59.1 Å². The molecule has 0 saturated carbocycles. The molecule has 0 aliphatic carbocycles. The fraction of sp³-hybridized carbons (Fsp3) is 0.297. The molecule has 0 radical (unpaired) electrons. The molecule has 50 heavy (non-hydrogen) atoms. The number of aromatic nitrogens is 4. The Morgan fingerprint density at radius 1 is 0.880 bits per heavy atom. The van der Waals surface area contributed by atoms with Gasteiger partial charge in [0, 0.05) is 43.9 Å². The molecule has 2 N–H and O–H groups in total. The molecule has 5 aromatic rings. The van der Waals surface area contributed by atoms with Gasteiger partial charge in [-0.15, -0.1) is 5.10 Å². The lowest BCUT2D eigenvalue weighted by atomic mass is 10.0. The maximum absolute atomic E-state index is 14.0. The first-order chi connectivity index (χ1) is 24.4. The minimum atomic E-state index is -0.630. The first-order valence-electron chi connectivity index (χ1n) is 17.0. The van der Waals surface area contributed by atoms with Gasteiger partial charge in [0.2, 0.25) is 11.8 Å². The number of nitrogens with zero attached hydrogens (tertiary/aromatic N) is 7. The lowest BCUT2D eigenvalue weighted by Crippen LogP contribution is -2.55. The van der Waals surface area contributed by atoms with Gasteiger partial charge < -0.3 is 20.0 Å². The monoisotopic (exact) mass is 671 g/mol. The number of halogens is 1. The predicted molar refractivity (Wildman–Crippen MR) is 184 cm³/mol. The Hall–Kier alpha value is -5.85. The lowest BCUT2D eigenvalue weighted by molar-refractivity contribution is -0.136. The van der Waals surface area contributed by atoms with Gasteiger partial charge in [-0.2, -0.15) is 0 Å². The molecule has 1 unspecified atom stereocenters. The van der Waals surface area contributed by atoms with E-state index in [1.54, 1.807) is 23.2 Å². The van der Waals surface area contributed by atoms with Crippen molar-refractivity contribution in [1.29, 1.82) is 0 Å². The Morgan fingerprint density at radius 3 is 2.62 bits per heavy atom. The predicted octanol–water partition coefficient (Wildman–Crippen LogP) is 4.33. The second kappa shape index (κ2) is 11.9. The first-order valence-corrected chi connectivity index (χ1v) is 17.0. The van der Waals surface area contributed by atoms with Gasteiger partial charge in [-0.05, 0) is 85.0 Å². The van der Waals surface area contributed by atoms with Crippen LogP contribution >= 0.6 is 0 Å². The number of imidazole rings is 1. The van der Waals surface area contributed by atoms with E-state index < -0.39 is 11.9 Å². The molecule has 12 nitrogen and oxygen atoms in total. The van der Waals surface area contributed by atoms with Gasteiger partial charge in [-0.25, -0.2) is 18.9 Å². The molecule has 13 heteroatoms. The molecule has 3 saturated heterocycles. The van der Waals surface area contributed by atoms with E-state index in [1.165, 1.54) is 6.07 Å². The Kier molecular flexibility index (Phi) is 7.21. The number of carbonyl (C=O) groups is 3. The van der Waals surface area contributed by atoms with Crippen LogP contribution in [0.3, 0.4) is 0 Å². The highest BCUT2D eigenvalue weighted by Gasteiger charge is 2.39. The van der Waals surface area contributed by atoms with Crippen LogP contribution in [0.5, 0.6) is 0 Å². The van der Waals surface area contributed by atoms with Crippen LogP contribution in [0.25, 0.3) is 17.0 Å². The van der Waals surface area contributed by atoms with Crippen molar-refractivity contribution in [3.05, 3.63) is 102 Å². The number of carbonyl (C=O) groups excluding carboxylic acids is 3. The molecule has 3 aromatic heterocycles. The molecule has 2 aromatic carbocycles. The Labute approximate surface area is 286 Å². The number of fused-ring (bicyclic) bond motifs is 2. The minimum absolute atomic E-state index is 0.0591. The van der Waals surface area contributed by atoms with Gasteiger partial charge in [0.05, 0.1) is 24.0 Å². The van der Waals surface area contributed by atoms with Crippen molar-refractivity contribution in [2.24, 2.45) is 0 Å².